The van der Waals surface area contributed by atoms with Crippen molar-refractivity contribution >= 4 is 35.2 Å². The number of carbonyl (C=O) groups is 2. The summed E-state index contributed by atoms with van der Waals surface area (Å²) in [6, 6.07) is 25.1. The van der Waals surface area contributed by atoms with Crippen LogP contribution in [0.15, 0.2) is 78.9 Å². The molecule has 1 atom stereocenters. The molecule has 2 amide bonds. The van der Waals surface area contributed by atoms with E-state index in [4.69, 9.17) is 11.6 Å². The molecule has 0 N–H and O–H groups in total. The Morgan fingerprint density at radius 2 is 1.68 bits per heavy atom. The lowest BCUT2D eigenvalue weighted by molar-refractivity contribution is -0.128. The van der Waals surface area contributed by atoms with Crippen LogP contribution in [0.1, 0.15) is 32.4 Å². The molecule has 0 saturated carbocycles. The Labute approximate surface area is 191 Å². The summed E-state index contributed by atoms with van der Waals surface area (Å²) in [5.41, 5.74) is 3.79. The fourth-order valence-corrected chi connectivity index (χ4v) is 4.94. The van der Waals surface area contributed by atoms with Crippen LogP contribution >= 0.6 is 23.4 Å². The Balaban J connectivity index is 1.44. The third-order valence-corrected chi connectivity index (χ3v) is 6.79. The summed E-state index contributed by atoms with van der Waals surface area (Å²) in [5.74, 6) is 0.571. The standard InChI is InChI=1S/C25H23ClN2O2S/c1-27(15-19-7-13-22(26)14-8-19)24(30)20-9-11-21(12-10-20)25-28(23(29)17-31-25)16-18-5-3-2-4-6-18/h2-14,25H,15-17H2,1H3/t25-/m1/s1. The Morgan fingerprint density at radius 1 is 1.00 bits per heavy atom. The van der Waals surface area contributed by atoms with Gasteiger partial charge in [-0.25, -0.2) is 0 Å². The van der Waals surface area contributed by atoms with Crippen molar-refractivity contribution in [1.82, 2.24) is 9.80 Å². The largest absolute Gasteiger partial charge is 0.337 e. The first-order chi connectivity index (χ1) is 15.0. The van der Waals surface area contributed by atoms with Gasteiger partial charge in [-0.3, -0.25) is 9.59 Å². The SMILES string of the molecule is CN(Cc1ccc(Cl)cc1)C(=O)c1ccc([C@H]2SCC(=O)N2Cc2ccccc2)cc1. The number of benzene rings is 3. The molecule has 4 nitrogen and oxygen atoms in total. The summed E-state index contributed by atoms with van der Waals surface area (Å²) in [7, 11) is 1.79. The lowest BCUT2D eigenvalue weighted by Crippen LogP contribution is -2.28. The topological polar surface area (TPSA) is 40.6 Å². The zero-order valence-corrected chi connectivity index (χ0v) is 18.8. The number of carbonyl (C=O) groups excluding carboxylic acids is 2. The molecule has 0 bridgehead atoms. The van der Waals surface area contributed by atoms with E-state index in [-0.39, 0.29) is 17.2 Å². The van der Waals surface area contributed by atoms with E-state index in [1.54, 1.807) is 23.7 Å². The first-order valence-corrected chi connectivity index (χ1v) is 11.5. The molecule has 3 aromatic rings. The molecule has 1 fully saturated rings. The zero-order chi connectivity index (χ0) is 21.8. The number of hydrogen-bond donors (Lipinski definition) is 0. The third kappa shape index (κ3) is 5.12. The second kappa shape index (κ2) is 9.58. The summed E-state index contributed by atoms with van der Waals surface area (Å²) in [6.07, 6.45) is 0. The molecule has 0 radical (unpaired) electrons. The Kier molecular flexibility index (Phi) is 6.64. The maximum atomic E-state index is 12.8. The molecule has 158 valence electrons. The molecular weight excluding hydrogens is 428 g/mol. The number of amides is 2. The van der Waals surface area contributed by atoms with Gasteiger partial charge >= 0.3 is 0 Å². The Morgan fingerprint density at radius 3 is 2.35 bits per heavy atom. The molecule has 4 rings (SSSR count). The van der Waals surface area contributed by atoms with Crippen molar-refractivity contribution in [2.24, 2.45) is 0 Å². The van der Waals surface area contributed by atoms with Gasteiger partial charge in [0, 0.05) is 30.7 Å². The number of halogens is 1. The smallest absolute Gasteiger partial charge is 0.253 e. The monoisotopic (exact) mass is 450 g/mol. The van der Waals surface area contributed by atoms with E-state index in [9.17, 15) is 9.59 Å². The zero-order valence-electron chi connectivity index (χ0n) is 17.2. The van der Waals surface area contributed by atoms with Crippen LogP contribution in [0.2, 0.25) is 5.02 Å². The summed E-state index contributed by atoms with van der Waals surface area (Å²) < 4.78 is 0. The first-order valence-electron chi connectivity index (χ1n) is 10.1. The summed E-state index contributed by atoms with van der Waals surface area (Å²) in [4.78, 5) is 28.9. The molecule has 31 heavy (non-hydrogen) atoms. The summed E-state index contributed by atoms with van der Waals surface area (Å²) in [6.45, 7) is 1.09. The fraction of sp³-hybridized carbons (Fsp3) is 0.200. The van der Waals surface area contributed by atoms with Crippen molar-refractivity contribution in [1.29, 1.82) is 0 Å². The van der Waals surface area contributed by atoms with E-state index in [1.807, 2.05) is 83.8 Å². The minimum Gasteiger partial charge on any atom is -0.337 e. The Hall–Kier alpha value is -2.76. The lowest BCUT2D eigenvalue weighted by Gasteiger charge is -2.24. The molecule has 6 heteroatoms. The molecule has 1 aliphatic rings. The third-order valence-electron chi connectivity index (χ3n) is 5.29. The van der Waals surface area contributed by atoms with Crippen LogP contribution in [-0.4, -0.2) is 34.4 Å². The van der Waals surface area contributed by atoms with E-state index in [0.29, 0.717) is 29.4 Å². The van der Waals surface area contributed by atoms with Gasteiger partial charge in [0.05, 0.1) is 5.75 Å². The highest BCUT2D eigenvalue weighted by molar-refractivity contribution is 8.00. The van der Waals surface area contributed by atoms with Gasteiger partial charge in [-0.1, -0.05) is 66.2 Å². The van der Waals surface area contributed by atoms with Crippen molar-refractivity contribution in [2.75, 3.05) is 12.8 Å². The van der Waals surface area contributed by atoms with Crippen LogP contribution in [0.3, 0.4) is 0 Å². The fourth-order valence-electron chi connectivity index (χ4n) is 3.63. The highest BCUT2D eigenvalue weighted by Gasteiger charge is 2.32. The number of rotatable bonds is 6. The molecule has 1 heterocycles. The van der Waals surface area contributed by atoms with Crippen LogP contribution in [0.4, 0.5) is 0 Å². The minimum atomic E-state index is -0.0437. The predicted octanol–water partition coefficient (Wildman–Crippen LogP) is 5.39. The maximum Gasteiger partial charge on any atom is 0.253 e. The van der Waals surface area contributed by atoms with Crippen molar-refractivity contribution in [2.45, 2.75) is 18.5 Å². The van der Waals surface area contributed by atoms with Crippen LogP contribution in [0.25, 0.3) is 0 Å². The summed E-state index contributed by atoms with van der Waals surface area (Å²) >= 11 is 7.56. The van der Waals surface area contributed by atoms with Gasteiger partial charge in [-0.15, -0.1) is 11.8 Å². The number of hydrogen-bond acceptors (Lipinski definition) is 3. The number of nitrogens with zero attached hydrogens (tertiary/aromatic N) is 2. The molecular formula is C25H23ClN2O2S. The van der Waals surface area contributed by atoms with Crippen molar-refractivity contribution in [3.05, 3.63) is 106 Å². The van der Waals surface area contributed by atoms with Gasteiger partial charge in [-0.2, -0.15) is 0 Å². The van der Waals surface area contributed by atoms with Gasteiger partial charge < -0.3 is 9.80 Å². The Bertz CT molecular complexity index is 1060. The average Bonchev–Trinajstić information content (AvgIpc) is 3.15. The van der Waals surface area contributed by atoms with E-state index < -0.39 is 0 Å². The second-order valence-electron chi connectivity index (χ2n) is 7.58. The molecule has 0 spiro atoms. The highest BCUT2D eigenvalue weighted by atomic mass is 35.5. The van der Waals surface area contributed by atoms with Gasteiger partial charge in [-0.05, 0) is 41.0 Å². The molecule has 1 saturated heterocycles. The summed E-state index contributed by atoms with van der Waals surface area (Å²) in [5, 5.41) is 0.640. The van der Waals surface area contributed by atoms with Gasteiger partial charge in [0.1, 0.15) is 5.37 Å². The maximum absolute atomic E-state index is 12.8. The van der Waals surface area contributed by atoms with Crippen molar-refractivity contribution in [3.8, 4) is 0 Å². The molecule has 3 aromatic carbocycles. The van der Waals surface area contributed by atoms with E-state index in [0.717, 1.165) is 16.7 Å². The van der Waals surface area contributed by atoms with Crippen LogP contribution < -0.4 is 0 Å². The van der Waals surface area contributed by atoms with Crippen molar-refractivity contribution < 1.29 is 9.59 Å². The van der Waals surface area contributed by atoms with E-state index in [2.05, 4.69) is 0 Å². The molecule has 0 aliphatic carbocycles. The molecule has 1 aliphatic heterocycles. The molecule has 0 unspecified atom stereocenters. The predicted molar refractivity (Wildman–Crippen MR) is 126 cm³/mol. The van der Waals surface area contributed by atoms with Crippen LogP contribution in [0, 0.1) is 0 Å². The quantitative estimate of drug-likeness (QED) is 0.505. The van der Waals surface area contributed by atoms with Gasteiger partial charge in [0.15, 0.2) is 0 Å². The minimum absolute atomic E-state index is 0.0383. The number of thioether (sulfide) groups is 1. The van der Waals surface area contributed by atoms with Crippen molar-refractivity contribution in [3.63, 3.8) is 0 Å². The normalized spacial score (nSPS) is 15.9. The van der Waals surface area contributed by atoms with E-state index >= 15 is 0 Å². The molecule has 0 aromatic heterocycles. The highest BCUT2D eigenvalue weighted by Crippen LogP contribution is 2.39. The second-order valence-corrected chi connectivity index (χ2v) is 9.09. The van der Waals surface area contributed by atoms with Crippen LogP contribution in [-0.2, 0) is 17.9 Å². The lowest BCUT2D eigenvalue weighted by atomic mass is 10.1. The average molecular weight is 451 g/mol. The van der Waals surface area contributed by atoms with Crippen LogP contribution in [0.5, 0.6) is 0 Å². The van der Waals surface area contributed by atoms with E-state index in [1.165, 1.54) is 0 Å². The first kappa shape index (κ1) is 21.5. The van der Waals surface area contributed by atoms with Gasteiger partial charge in [0.25, 0.3) is 5.91 Å². The van der Waals surface area contributed by atoms with Gasteiger partial charge in [0.2, 0.25) is 5.91 Å².